The first-order valence-corrected chi connectivity index (χ1v) is 9.71. The van der Waals surface area contributed by atoms with Gasteiger partial charge in [-0.1, -0.05) is 6.42 Å². The molecule has 3 aliphatic rings. The summed E-state index contributed by atoms with van der Waals surface area (Å²) in [7, 11) is 0. The molecule has 1 amide bonds. The summed E-state index contributed by atoms with van der Waals surface area (Å²) in [5.74, 6) is 2.93. The Bertz CT molecular complexity index is 582. The maximum atomic E-state index is 12.2. The fourth-order valence-corrected chi connectivity index (χ4v) is 4.72. The molecule has 148 valence electrons. The summed E-state index contributed by atoms with van der Waals surface area (Å²) in [4.78, 5) is 12.2. The van der Waals surface area contributed by atoms with E-state index in [2.05, 4.69) is 25.4 Å². The summed E-state index contributed by atoms with van der Waals surface area (Å²) in [6, 6.07) is 1.32. The van der Waals surface area contributed by atoms with Gasteiger partial charge in [-0.3, -0.25) is 4.79 Å². The molecule has 2 unspecified atom stereocenters. The second kappa shape index (κ2) is 9.90. The number of nitrogens with one attached hydrogen (secondary N) is 2. The summed E-state index contributed by atoms with van der Waals surface area (Å²) >= 11 is 0. The molecule has 3 aliphatic heterocycles. The summed E-state index contributed by atoms with van der Waals surface area (Å²) in [5, 5.41) is 15.4. The van der Waals surface area contributed by atoms with Gasteiger partial charge in [0.15, 0.2) is 0 Å². The normalized spacial score (nSPS) is 26.8. The molecule has 2 atom stereocenters. The lowest BCUT2D eigenvalue weighted by molar-refractivity contribution is -0.122. The van der Waals surface area contributed by atoms with Gasteiger partial charge in [0.05, 0.1) is 0 Å². The highest BCUT2D eigenvalue weighted by molar-refractivity contribution is 5.85. The van der Waals surface area contributed by atoms with Crippen molar-refractivity contribution in [3.8, 4) is 0 Å². The van der Waals surface area contributed by atoms with Crippen LogP contribution in [0.25, 0.3) is 0 Å². The van der Waals surface area contributed by atoms with Crippen LogP contribution in [0.3, 0.4) is 0 Å². The van der Waals surface area contributed by atoms with Crippen molar-refractivity contribution in [3.05, 3.63) is 11.6 Å². The molecule has 6 nitrogen and oxygen atoms in total. The molecule has 4 rings (SSSR count). The standard InChI is InChI=1S/C18H29N5O.2ClH/c24-18(12-13-10-14-5-6-15(11-13)20-14)19-8-7-17-22-21-16-4-2-1-3-9-23(16)17;;/h13-15,20H,1-12H2,(H,19,24);2*1H. The number of aryl methyl sites for hydroxylation is 1. The zero-order valence-corrected chi connectivity index (χ0v) is 16.9. The van der Waals surface area contributed by atoms with E-state index in [1.165, 1.54) is 44.9 Å². The highest BCUT2D eigenvalue weighted by Gasteiger charge is 2.34. The number of hydrogen-bond acceptors (Lipinski definition) is 4. The number of aromatic nitrogens is 3. The summed E-state index contributed by atoms with van der Waals surface area (Å²) in [6.07, 6.45) is 11.1. The molecule has 2 saturated heterocycles. The van der Waals surface area contributed by atoms with E-state index in [4.69, 9.17) is 0 Å². The van der Waals surface area contributed by atoms with Crippen LogP contribution in [0.1, 0.15) is 63.0 Å². The average molecular weight is 404 g/mol. The predicted molar refractivity (Wildman–Crippen MR) is 106 cm³/mol. The van der Waals surface area contributed by atoms with Crippen molar-refractivity contribution >= 4 is 30.7 Å². The molecule has 0 aliphatic carbocycles. The Morgan fingerprint density at radius 3 is 2.65 bits per heavy atom. The highest BCUT2D eigenvalue weighted by atomic mass is 35.5. The third kappa shape index (κ3) is 5.11. The van der Waals surface area contributed by atoms with Gasteiger partial charge in [-0.05, 0) is 44.4 Å². The van der Waals surface area contributed by atoms with Crippen molar-refractivity contribution in [3.63, 3.8) is 0 Å². The van der Waals surface area contributed by atoms with E-state index < -0.39 is 0 Å². The van der Waals surface area contributed by atoms with Crippen LogP contribution in [-0.2, 0) is 24.2 Å². The molecule has 2 fully saturated rings. The Balaban J connectivity index is 0.00000121. The lowest BCUT2D eigenvalue weighted by Crippen LogP contribution is -2.39. The molecular weight excluding hydrogens is 373 g/mol. The van der Waals surface area contributed by atoms with Gasteiger partial charge in [-0.15, -0.1) is 35.0 Å². The zero-order chi connectivity index (χ0) is 16.4. The minimum atomic E-state index is 0. The lowest BCUT2D eigenvalue weighted by Gasteiger charge is -2.28. The average Bonchev–Trinajstić information content (AvgIpc) is 3.01. The Labute approximate surface area is 168 Å². The van der Waals surface area contributed by atoms with Gasteiger partial charge in [0.2, 0.25) is 5.91 Å². The van der Waals surface area contributed by atoms with E-state index in [0.29, 0.717) is 31.0 Å². The number of fused-ring (bicyclic) bond motifs is 3. The van der Waals surface area contributed by atoms with Crippen molar-refractivity contribution in [2.75, 3.05) is 6.54 Å². The molecule has 26 heavy (non-hydrogen) atoms. The molecule has 2 bridgehead atoms. The van der Waals surface area contributed by atoms with Crippen LogP contribution < -0.4 is 10.6 Å². The second-order valence-corrected chi connectivity index (χ2v) is 7.77. The molecule has 2 N–H and O–H groups in total. The molecule has 4 heterocycles. The summed E-state index contributed by atoms with van der Waals surface area (Å²) in [5.41, 5.74) is 0. The van der Waals surface area contributed by atoms with E-state index in [0.717, 1.165) is 31.0 Å². The van der Waals surface area contributed by atoms with Crippen molar-refractivity contribution in [1.82, 2.24) is 25.4 Å². The van der Waals surface area contributed by atoms with Crippen LogP contribution in [0.5, 0.6) is 0 Å². The third-order valence-corrected chi connectivity index (χ3v) is 5.90. The first-order valence-electron chi connectivity index (χ1n) is 9.71. The molecule has 0 saturated carbocycles. The van der Waals surface area contributed by atoms with Gasteiger partial charge in [-0.2, -0.15) is 0 Å². The van der Waals surface area contributed by atoms with Crippen molar-refractivity contribution < 1.29 is 4.79 Å². The minimum Gasteiger partial charge on any atom is -0.356 e. The van der Waals surface area contributed by atoms with Crippen LogP contribution in [0.2, 0.25) is 0 Å². The minimum absolute atomic E-state index is 0. The third-order valence-electron chi connectivity index (χ3n) is 5.90. The fraction of sp³-hybridized carbons (Fsp3) is 0.833. The van der Waals surface area contributed by atoms with E-state index in [1.807, 2.05) is 0 Å². The second-order valence-electron chi connectivity index (χ2n) is 7.77. The number of halogens is 2. The Morgan fingerprint density at radius 1 is 1.12 bits per heavy atom. The lowest BCUT2D eigenvalue weighted by atomic mass is 9.89. The fourth-order valence-electron chi connectivity index (χ4n) is 4.72. The largest absolute Gasteiger partial charge is 0.356 e. The van der Waals surface area contributed by atoms with Gasteiger partial charge in [0, 0.05) is 44.4 Å². The van der Waals surface area contributed by atoms with Crippen LogP contribution in [0.4, 0.5) is 0 Å². The quantitative estimate of drug-likeness (QED) is 0.791. The number of hydrogen-bond donors (Lipinski definition) is 2. The van der Waals surface area contributed by atoms with Crippen LogP contribution >= 0.6 is 24.8 Å². The van der Waals surface area contributed by atoms with Crippen molar-refractivity contribution in [2.24, 2.45) is 5.92 Å². The molecule has 8 heteroatoms. The number of nitrogens with zero attached hydrogens (tertiary/aromatic N) is 3. The van der Waals surface area contributed by atoms with Gasteiger partial charge in [0.1, 0.15) is 11.6 Å². The summed E-state index contributed by atoms with van der Waals surface area (Å²) in [6.45, 7) is 1.71. The Hall–Kier alpha value is -0.850. The number of carbonyl (C=O) groups excluding carboxylic acids is 1. The van der Waals surface area contributed by atoms with Gasteiger partial charge in [-0.25, -0.2) is 0 Å². The SMILES string of the molecule is Cl.Cl.O=C(CC1CC2CCC(C1)N2)NCCc1nnc2n1CCCCC2. The van der Waals surface area contributed by atoms with E-state index in [1.54, 1.807) is 0 Å². The Kier molecular flexibility index (Phi) is 8.17. The smallest absolute Gasteiger partial charge is 0.220 e. The van der Waals surface area contributed by atoms with E-state index in [9.17, 15) is 4.79 Å². The van der Waals surface area contributed by atoms with Gasteiger partial charge >= 0.3 is 0 Å². The topological polar surface area (TPSA) is 71.8 Å². The van der Waals surface area contributed by atoms with Crippen LogP contribution in [-0.4, -0.2) is 39.3 Å². The maximum absolute atomic E-state index is 12.2. The van der Waals surface area contributed by atoms with Crippen molar-refractivity contribution in [2.45, 2.75) is 82.8 Å². The molecular formula is C18H31Cl2N5O. The first-order chi connectivity index (χ1) is 11.8. The summed E-state index contributed by atoms with van der Waals surface area (Å²) < 4.78 is 2.27. The monoisotopic (exact) mass is 403 g/mol. The molecule has 1 aromatic rings. The highest BCUT2D eigenvalue weighted by Crippen LogP contribution is 2.32. The van der Waals surface area contributed by atoms with E-state index in [-0.39, 0.29) is 30.7 Å². The molecule has 0 radical (unpaired) electrons. The van der Waals surface area contributed by atoms with Gasteiger partial charge < -0.3 is 15.2 Å². The number of piperidine rings is 1. The zero-order valence-electron chi connectivity index (χ0n) is 15.3. The maximum Gasteiger partial charge on any atom is 0.220 e. The molecule has 0 spiro atoms. The van der Waals surface area contributed by atoms with Crippen molar-refractivity contribution in [1.29, 1.82) is 0 Å². The predicted octanol–water partition coefficient (Wildman–Crippen LogP) is 2.43. The van der Waals surface area contributed by atoms with Gasteiger partial charge in [0.25, 0.3) is 0 Å². The molecule has 1 aromatic heterocycles. The molecule has 0 aromatic carbocycles. The van der Waals surface area contributed by atoms with Crippen LogP contribution in [0.15, 0.2) is 0 Å². The first kappa shape index (κ1) is 21.5. The van der Waals surface area contributed by atoms with Crippen LogP contribution in [0, 0.1) is 5.92 Å². The number of amides is 1. The van der Waals surface area contributed by atoms with E-state index >= 15 is 0 Å². The number of rotatable bonds is 5. The Morgan fingerprint density at radius 2 is 1.88 bits per heavy atom. The number of carbonyl (C=O) groups is 1.